The fourth-order valence-electron chi connectivity index (χ4n) is 3.63. The summed E-state index contributed by atoms with van der Waals surface area (Å²) in [6.07, 6.45) is 2.37. The van der Waals surface area contributed by atoms with Crippen molar-refractivity contribution in [3.05, 3.63) is 90.2 Å². The zero-order chi connectivity index (χ0) is 31.6. The molecular weight excluding hydrogens is 546 g/mol. The van der Waals surface area contributed by atoms with Crippen LogP contribution in [0.4, 0.5) is 0 Å². The molecule has 0 spiro atoms. The highest BCUT2D eigenvalue weighted by Crippen LogP contribution is 2.15. The monoisotopic (exact) mass is 585 g/mol. The molecule has 0 unspecified atom stereocenters. The van der Waals surface area contributed by atoms with Crippen LogP contribution in [0.3, 0.4) is 0 Å². The zero-order valence-corrected chi connectivity index (χ0v) is 24.5. The third-order valence-corrected chi connectivity index (χ3v) is 6.30. The van der Waals surface area contributed by atoms with E-state index in [-0.39, 0.29) is 28.5 Å². The number of rotatable bonds is 4. The summed E-state index contributed by atoms with van der Waals surface area (Å²) in [5.74, 6) is 0. The Bertz CT molecular complexity index is 1700. The maximum absolute atomic E-state index is 11.4. The molecule has 1 aromatic carbocycles. The van der Waals surface area contributed by atoms with Crippen LogP contribution in [0, 0.1) is 0 Å². The molecule has 16 nitrogen and oxygen atoms in total. The number of nitrogens with one attached hydrogen (secondary N) is 3. The molecule has 4 heterocycles. The number of nitrogens with zero attached hydrogens (tertiary/aromatic N) is 6. The number of hydrogen-bond donors (Lipinski definition) is 6. The van der Waals surface area contributed by atoms with E-state index in [1.807, 2.05) is 44.3 Å². The topological polar surface area (TPSA) is 230 Å². The van der Waals surface area contributed by atoms with Gasteiger partial charge in [0.05, 0.1) is 18.8 Å². The van der Waals surface area contributed by atoms with Crippen molar-refractivity contribution in [2.24, 2.45) is 39.7 Å². The van der Waals surface area contributed by atoms with Crippen LogP contribution in [-0.4, -0.2) is 69.5 Å². The highest BCUT2D eigenvalue weighted by Gasteiger charge is 2.13. The number of benzene rings is 1. The SMILES string of the molecule is CN[C@@H](C)[C@H](O)c1ccccc1.Cn1c(=O)c2[nH]cnc2n(C)c1=O.Cn1c(=O)c2[nH]cnc2n(C)c1=O.NCCN. The predicted octanol–water partition coefficient (Wildman–Crippen LogP) is -1.85. The van der Waals surface area contributed by atoms with E-state index in [4.69, 9.17) is 11.5 Å². The van der Waals surface area contributed by atoms with E-state index in [2.05, 4.69) is 25.3 Å². The van der Waals surface area contributed by atoms with Crippen molar-refractivity contribution >= 4 is 22.3 Å². The Morgan fingerprint density at radius 3 is 1.55 bits per heavy atom. The normalized spacial score (nSPS) is 11.9. The fraction of sp³-hybridized carbons (Fsp3) is 0.385. The van der Waals surface area contributed by atoms with E-state index in [1.54, 1.807) is 14.1 Å². The Kier molecular flexibility index (Phi) is 12.3. The fourth-order valence-corrected chi connectivity index (χ4v) is 3.63. The lowest BCUT2D eigenvalue weighted by Crippen LogP contribution is -2.36. The van der Waals surface area contributed by atoms with Crippen LogP contribution >= 0.6 is 0 Å². The molecule has 4 aromatic heterocycles. The minimum absolute atomic E-state index is 0.0902. The lowest BCUT2D eigenvalue weighted by molar-refractivity contribution is 0.140. The molecule has 5 rings (SSSR count). The van der Waals surface area contributed by atoms with Crippen LogP contribution < -0.4 is 39.3 Å². The predicted molar refractivity (Wildman–Crippen MR) is 161 cm³/mol. The number of aromatic nitrogens is 8. The van der Waals surface area contributed by atoms with Crippen LogP contribution in [0.25, 0.3) is 22.3 Å². The molecule has 0 saturated carbocycles. The van der Waals surface area contributed by atoms with Gasteiger partial charge in [-0.25, -0.2) is 19.6 Å². The van der Waals surface area contributed by atoms with Crippen molar-refractivity contribution in [3.63, 3.8) is 0 Å². The van der Waals surface area contributed by atoms with Gasteiger partial charge >= 0.3 is 11.4 Å². The van der Waals surface area contributed by atoms with Crippen molar-refractivity contribution in [2.45, 2.75) is 19.1 Å². The Balaban J connectivity index is 0.000000207. The molecule has 0 radical (unpaired) electrons. The second-order valence-corrected chi connectivity index (χ2v) is 9.12. The number of aliphatic hydroxyl groups excluding tert-OH is 1. The van der Waals surface area contributed by atoms with Crippen molar-refractivity contribution in [3.8, 4) is 0 Å². The van der Waals surface area contributed by atoms with E-state index in [0.717, 1.165) is 14.7 Å². The third-order valence-electron chi connectivity index (χ3n) is 6.30. The molecule has 228 valence electrons. The van der Waals surface area contributed by atoms with Gasteiger partial charge in [-0.15, -0.1) is 0 Å². The van der Waals surface area contributed by atoms with Gasteiger partial charge in [-0.1, -0.05) is 30.3 Å². The number of nitrogens with two attached hydrogens (primary N) is 2. The Morgan fingerprint density at radius 1 is 0.786 bits per heavy atom. The van der Waals surface area contributed by atoms with Crippen molar-refractivity contribution in [1.29, 1.82) is 0 Å². The van der Waals surface area contributed by atoms with Crippen LogP contribution in [0.1, 0.15) is 18.6 Å². The lowest BCUT2D eigenvalue weighted by atomic mass is 10.0. The first-order valence-corrected chi connectivity index (χ1v) is 12.9. The second-order valence-electron chi connectivity index (χ2n) is 9.12. The summed E-state index contributed by atoms with van der Waals surface area (Å²) >= 11 is 0. The molecule has 0 aliphatic rings. The van der Waals surface area contributed by atoms with Crippen molar-refractivity contribution in [2.75, 3.05) is 20.1 Å². The van der Waals surface area contributed by atoms with E-state index >= 15 is 0 Å². The van der Waals surface area contributed by atoms with Gasteiger partial charge in [0, 0.05) is 47.3 Å². The molecule has 42 heavy (non-hydrogen) atoms. The van der Waals surface area contributed by atoms with E-state index in [9.17, 15) is 24.3 Å². The van der Waals surface area contributed by atoms with Gasteiger partial charge in [-0.3, -0.25) is 27.9 Å². The van der Waals surface area contributed by atoms with E-state index in [0.29, 0.717) is 35.4 Å². The Hall–Kier alpha value is -4.64. The third kappa shape index (κ3) is 7.55. The number of hydrogen-bond acceptors (Lipinski definition) is 10. The molecule has 0 amide bonds. The first kappa shape index (κ1) is 33.6. The zero-order valence-electron chi connectivity index (χ0n) is 24.5. The summed E-state index contributed by atoms with van der Waals surface area (Å²) in [5.41, 5.74) is 10.8. The van der Waals surface area contributed by atoms with Gasteiger partial charge in [0.15, 0.2) is 11.3 Å². The summed E-state index contributed by atoms with van der Waals surface area (Å²) in [4.78, 5) is 58.8. The van der Waals surface area contributed by atoms with Crippen LogP contribution in [0.5, 0.6) is 0 Å². The highest BCUT2D eigenvalue weighted by molar-refractivity contribution is 5.69. The summed E-state index contributed by atoms with van der Waals surface area (Å²) in [6, 6.07) is 9.76. The average molecular weight is 586 g/mol. The van der Waals surface area contributed by atoms with E-state index in [1.165, 1.54) is 35.9 Å². The molecule has 8 N–H and O–H groups in total. The standard InChI is InChI=1S/C10H15NO.2C7H8N4O2.C2H8N2/c1-8(11-2)10(12)9-6-4-3-5-7-9;2*1-10-5-4(8-3-9-5)6(12)11(2)7(10)13;3-1-2-4/h3-8,10-12H,1-2H3;2*3H,1-2H3,(H,8,9);1-4H2/t8-,10-;;;/m0.../s1. The second kappa shape index (κ2) is 15.4. The quantitative estimate of drug-likeness (QED) is 0.138. The number of likely N-dealkylation sites (N-methyl/N-ethyl adjacent to an activating group) is 1. The van der Waals surface area contributed by atoms with Crippen molar-refractivity contribution < 1.29 is 5.11 Å². The minimum atomic E-state index is -0.420. The molecule has 0 aliphatic carbocycles. The van der Waals surface area contributed by atoms with Crippen LogP contribution in [0.2, 0.25) is 0 Å². The molecule has 0 bridgehead atoms. The number of H-pyrrole nitrogens is 2. The van der Waals surface area contributed by atoms with Gasteiger partial charge in [-0.2, -0.15) is 0 Å². The van der Waals surface area contributed by atoms with Gasteiger partial charge in [0.25, 0.3) is 11.1 Å². The minimum Gasteiger partial charge on any atom is -0.387 e. The largest absolute Gasteiger partial charge is 0.387 e. The maximum atomic E-state index is 11.4. The number of fused-ring (bicyclic) bond motifs is 2. The molecule has 5 aromatic rings. The Labute approximate surface area is 240 Å². The summed E-state index contributed by atoms with van der Waals surface area (Å²) in [6.45, 7) is 3.15. The van der Waals surface area contributed by atoms with Gasteiger partial charge in [-0.05, 0) is 19.5 Å². The number of aryl methyl sites for hydroxylation is 2. The number of aromatic amines is 2. The molecule has 0 saturated heterocycles. The lowest BCUT2D eigenvalue weighted by Gasteiger charge is -2.17. The molecular formula is C26H39N11O5. The molecule has 0 aliphatic heterocycles. The van der Waals surface area contributed by atoms with Crippen molar-refractivity contribution in [1.82, 2.24) is 43.5 Å². The summed E-state index contributed by atoms with van der Waals surface area (Å²) in [5, 5.41) is 12.7. The van der Waals surface area contributed by atoms with Gasteiger partial charge < -0.3 is 31.9 Å². The first-order valence-electron chi connectivity index (χ1n) is 12.9. The maximum Gasteiger partial charge on any atom is 0.332 e. The van der Waals surface area contributed by atoms with Gasteiger partial charge in [0.1, 0.15) is 11.0 Å². The molecule has 2 atom stereocenters. The van der Waals surface area contributed by atoms with Crippen LogP contribution in [-0.2, 0) is 28.2 Å². The van der Waals surface area contributed by atoms with E-state index < -0.39 is 6.10 Å². The van der Waals surface area contributed by atoms with Gasteiger partial charge in [0.2, 0.25) is 0 Å². The number of aliphatic hydroxyl groups is 1. The number of imidazole rings is 2. The average Bonchev–Trinajstić information content (AvgIpc) is 3.72. The first-order chi connectivity index (χ1) is 19.9. The van der Waals surface area contributed by atoms with Crippen LogP contribution in [0.15, 0.2) is 62.2 Å². The summed E-state index contributed by atoms with van der Waals surface area (Å²) in [7, 11) is 7.86. The highest BCUT2D eigenvalue weighted by atomic mass is 16.3. The summed E-state index contributed by atoms with van der Waals surface area (Å²) < 4.78 is 4.74. The molecule has 16 heteroatoms. The smallest absolute Gasteiger partial charge is 0.332 e. The Morgan fingerprint density at radius 2 is 1.19 bits per heavy atom. The molecule has 0 fully saturated rings.